The Morgan fingerprint density at radius 1 is 1.34 bits per heavy atom. The summed E-state index contributed by atoms with van der Waals surface area (Å²) in [6, 6.07) is 4.37. The Hall–Kier alpha value is -2.85. The Morgan fingerprint density at radius 3 is 2.63 bits per heavy atom. The predicted octanol–water partition coefficient (Wildman–Crippen LogP) is 3.99. The smallest absolute Gasteiger partial charge is 0.416 e. The lowest BCUT2D eigenvalue weighted by molar-refractivity contribution is -0.137. The molecule has 0 saturated carbocycles. The zero-order chi connectivity index (χ0) is 26.0. The summed E-state index contributed by atoms with van der Waals surface area (Å²) in [5.41, 5.74) is -0.400. The van der Waals surface area contributed by atoms with Gasteiger partial charge in [-0.1, -0.05) is 26.8 Å². The Morgan fingerprint density at radius 2 is 2.06 bits per heavy atom. The SMILES string of the molecule is C=C[C@H](O)COc1ccc(C(F)(F)F)cc1C(=O)N=c1cc(C(C)(C)C)n(C)n1C[C@H]1CCCO1. The molecule has 192 valence electrons. The van der Waals surface area contributed by atoms with Gasteiger partial charge in [0.15, 0.2) is 5.49 Å². The molecular weight excluding hydrogens is 463 g/mol. The number of aliphatic hydroxyl groups is 1. The lowest BCUT2D eigenvalue weighted by Gasteiger charge is -2.21. The molecule has 2 heterocycles. The Balaban J connectivity index is 2.09. The quantitative estimate of drug-likeness (QED) is 0.590. The fourth-order valence-corrected chi connectivity index (χ4v) is 3.97. The van der Waals surface area contributed by atoms with Crippen LogP contribution in [0.4, 0.5) is 13.2 Å². The number of halogens is 3. The fourth-order valence-electron chi connectivity index (χ4n) is 3.97. The van der Waals surface area contributed by atoms with Gasteiger partial charge in [-0.2, -0.15) is 18.2 Å². The third-order valence-corrected chi connectivity index (χ3v) is 5.85. The van der Waals surface area contributed by atoms with Gasteiger partial charge in [0.2, 0.25) is 0 Å². The van der Waals surface area contributed by atoms with Gasteiger partial charge in [0, 0.05) is 30.8 Å². The van der Waals surface area contributed by atoms with E-state index in [1.807, 2.05) is 37.2 Å². The summed E-state index contributed by atoms with van der Waals surface area (Å²) in [6.45, 7) is 10.3. The number of rotatable bonds is 7. The summed E-state index contributed by atoms with van der Waals surface area (Å²) in [7, 11) is 1.86. The van der Waals surface area contributed by atoms with Crippen LogP contribution in [-0.4, -0.2) is 45.8 Å². The molecule has 0 spiro atoms. The number of hydrogen-bond acceptors (Lipinski definition) is 4. The van der Waals surface area contributed by atoms with Gasteiger partial charge in [-0.05, 0) is 31.0 Å². The molecule has 1 N–H and O–H groups in total. The van der Waals surface area contributed by atoms with Crippen LogP contribution < -0.4 is 10.2 Å². The van der Waals surface area contributed by atoms with Crippen molar-refractivity contribution in [3.63, 3.8) is 0 Å². The first-order valence-electron chi connectivity index (χ1n) is 11.4. The van der Waals surface area contributed by atoms with Crippen molar-refractivity contribution in [3.8, 4) is 5.75 Å². The lowest BCUT2D eigenvalue weighted by Crippen LogP contribution is -2.30. The van der Waals surface area contributed by atoms with Gasteiger partial charge in [0.1, 0.15) is 18.5 Å². The number of ether oxygens (including phenoxy) is 2. The molecule has 1 fully saturated rings. The highest BCUT2D eigenvalue weighted by Gasteiger charge is 2.32. The third-order valence-electron chi connectivity index (χ3n) is 5.85. The maximum absolute atomic E-state index is 13.4. The first kappa shape index (κ1) is 26.7. The maximum Gasteiger partial charge on any atom is 0.416 e. The number of carbonyl (C=O) groups excluding carboxylic acids is 1. The fraction of sp³-hybridized carbons (Fsp3) is 0.520. The first-order chi connectivity index (χ1) is 16.3. The number of nitrogens with zero attached hydrogens (tertiary/aromatic N) is 3. The second-order valence-electron chi connectivity index (χ2n) is 9.62. The average molecular weight is 496 g/mol. The van der Waals surface area contributed by atoms with E-state index in [4.69, 9.17) is 9.47 Å². The summed E-state index contributed by atoms with van der Waals surface area (Å²) in [5, 5.41) is 9.70. The summed E-state index contributed by atoms with van der Waals surface area (Å²) in [4.78, 5) is 17.5. The van der Waals surface area contributed by atoms with Crippen LogP contribution in [0.5, 0.6) is 5.75 Å². The van der Waals surface area contributed by atoms with Crippen molar-refractivity contribution in [2.24, 2.45) is 12.0 Å². The van der Waals surface area contributed by atoms with E-state index in [1.54, 1.807) is 6.07 Å². The van der Waals surface area contributed by atoms with E-state index in [2.05, 4.69) is 11.6 Å². The Labute approximate surface area is 202 Å². The molecule has 2 aromatic rings. The Bertz CT molecular complexity index is 1140. The van der Waals surface area contributed by atoms with E-state index in [0.717, 1.165) is 36.7 Å². The van der Waals surface area contributed by atoms with Gasteiger partial charge >= 0.3 is 6.18 Å². The maximum atomic E-state index is 13.4. The molecule has 0 radical (unpaired) electrons. The number of hydrogen-bond donors (Lipinski definition) is 1. The van der Waals surface area contributed by atoms with Crippen molar-refractivity contribution in [1.29, 1.82) is 0 Å². The summed E-state index contributed by atoms with van der Waals surface area (Å²) in [5.74, 6) is -0.989. The van der Waals surface area contributed by atoms with Crippen LogP contribution in [0, 0.1) is 0 Å². The number of alkyl halides is 3. The summed E-state index contributed by atoms with van der Waals surface area (Å²) >= 11 is 0. The molecule has 1 saturated heterocycles. The number of aromatic nitrogens is 2. The minimum absolute atomic E-state index is 0.0432. The van der Waals surface area contributed by atoms with Crippen LogP contribution in [0.3, 0.4) is 0 Å². The van der Waals surface area contributed by atoms with Crippen LogP contribution in [0.2, 0.25) is 0 Å². The molecule has 0 bridgehead atoms. The third kappa shape index (κ3) is 6.43. The van der Waals surface area contributed by atoms with Crippen molar-refractivity contribution < 1.29 is 32.5 Å². The van der Waals surface area contributed by atoms with E-state index in [0.29, 0.717) is 18.6 Å². The molecule has 10 heteroatoms. The molecule has 3 rings (SSSR count). The monoisotopic (exact) mass is 495 g/mol. The number of amides is 1. The van der Waals surface area contributed by atoms with Crippen LogP contribution in [-0.2, 0) is 29.9 Å². The molecule has 7 nitrogen and oxygen atoms in total. The van der Waals surface area contributed by atoms with Crippen LogP contribution >= 0.6 is 0 Å². The van der Waals surface area contributed by atoms with Gasteiger partial charge in [-0.3, -0.25) is 14.2 Å². The summed E-state index contributed by atoms with van der Waals surface area (Å²) in [6.07, 6.45) is -2.71. The molecule has 0 unspecified atom stereocenters. The van der Waals surface area contributed by atoms with Crippen molar-refractivity contribution in [2.45, 2.75) is 64.0 Å². The standard InChI is InChI=1S/C25H32F3N3O4/c1-6-17(32)15-35-20-10-9-16(25(26,27)28)12-19(20)23(33)29-22-13-21(24(2,3)4)30(5)31(22)14-18-8-7-11-34-18/h6,9-10,12-13,17-18,32H,1,7-8,11,14-15H2,2-5H3/t17-,18+/m0/s1. The summed E-state index contributed by atoms with van der Waals surface area (Å²) < 4.78 is 55.0. The van der Waals surface area contributed by atoms with Gasteiger partial charge < -0.3 is 14.6 Å². The zero-order valence-electron chi connectivity index (χ0n) is 20.4. The van der Waals surface area contributed by atoms with Crippen molar-refractivity contribution >= 4 is 5.91 Å². The van der Waals surface area contributed by atoms with E-state index in [-0.39, 0.29) is 29.4 Å². The van der Waals surface area contributed by atoms with E-state index < -0.39 is 23.8 Å². The molecule has 2 atom stereocenters. The minimum atomic E-state index is -4.65. The first-order valence-corrected chi connectivity index (χ1v) is 11.4. The highest BCUT2D eigenvalue weighted by atomic mass is 19.4. The van der Waals surface area contributed by atoms with E-state index >= 15 is 0 Å². The molecule has 35 heavy (non-hydrogen) atoms. The minimum Gasteiger partial charge on any atom is -0.490 e. The molecule has 1 amide bonds. The molecule has 0 aliphatic carbocycles. The number of benzene rings is 1. The second-order valence-corrected chi connectivity index (χ2v) is 9.62. The molecule has 1 aromatic heterocycles. The van der Waals surface area contributed by atoms with Crippen LogP contribution in [0.25, 0.3) is 0 Å². The van der Waals surface area contributed by atoms with Crippen molar-refractivity contribution in [2.75, 3.05) is 13.2 Å². The molecule has 1 aromatic carbocycles. The van der Waals surface area contributed by atoms with Gasteiger partial charge in [0.25, 0.3) is 5.91 Å². The van der Waals surface area contributed by atoms with Crippen LogP contribution in [0.1, 0.15) is 55.2 Å². The van der Waals surface area contributed by atoms with Gasteiger partial charge in [-0.15, -0.1) is 6.58 Å². The van der Waals surface area contributed by atoms with Gasteiger partial charge in [0.05, 0.1) is 23.8 Å². The molecule has 1 aliphatic heterocycles. The normalized spacial score (nSPS) is 18.1. The predicted molar refractivity (Wildman–Crippen MR) is 124 cm³/mol. The second kappa shape index (κ2) is 10.4. The lowest BCUT2D eigenvalue weighted by atomic mass is 9.92. The number of carbonyl (C=O) groups is 1. The van der Waals surface area contributed by atoms with Crippen LogP contribution in [0.15, 0.2) is 41.9 Å². The highest BCUT2D eigenvalue weighted by Crippen LogP contribution is 2.33. The molecule has 1 aliphatic rings. The van der Waals surface area contributed by atoms with E-state index in [1.165, 1.54) is 6.08 Å². The largest absolute Gasteiger partial charge is 0.490 e. The van der Waals surface area contributed by atoms with Crippen molar-refractivity contribution in [1.82, 2.24) is 9.36 Å². The van der Waals surface area contributed by atoms with Gasteiger partial charge in [-0.25, -0.2) is 0 Å². The number of aliphatic hydroxyl groups excluding tert-OH is 1. The molecular formula is C25H32F3N3O4. The highest BCUT2D eigenvalue weighted by molar-refractivity contribution is 5.97. The van der Waals surface area contributed by atoms with Crippen molar-refractivity contribution in [3.05, 3.63) is 59.2 Å². The Kier molecular flexibility index (Phi) is 7.96. The average Bonchev–Trinajstić information content (AvgIpc) is 3.40. The van der Waals surface area contributed by atoms with E-state index in [9.17, 15) is 23.1 Å². The topological polar surface area (TPSA) is 78.0 Å². The zero-order valence-corrected chi connectivity index (χ0v) is 20.4.